The zero-order valence-corrected chi connectivity index (χ0v) is 13.9. The molecule has 0 fully saturated rings. The Balaban J connectivity index is 1.71. The lowest BCUT2D eigenvalue weighted by Gasteiger charge is -2.20. The molecule has 1 amide bonds. The molecule has 23 heavy (non-hydrogen) atoms. The normalized spacial score (nSPS) is 13.9. The van der Waals surface area contributed by atoms with Gasteiger partial charge >= 0.3 is 0 Å². The van der Waals surface area contributed by atoms with E-state index in [1.165, 1.54) is 0 Å². The minimum absolute atomic E-state index is 0.0523. The number of nitrogens with one attached hydrogen (secondary N) is 2. The molecule has 6 heteroatoms. The number of amides is 1. The van der Waals surface area contributed by atoms with Crippen molar-refractivity contribution in [2.24, 2.45) is 0 Å². The maximum atomic E-state index is 12.0. The molecule has 0 unspecified atom stereocenters. The number of aromatic nitrogens is 3. The second kappa shape index (κ2) is 6.12. The van der Waals surface area contributed by atoms with Crippen LogP contribution in [0.1, 0.15) is 33.0 Å². The second-order valence-electron chi connectivity index (χ2n) is 6.93. The molecule has 6 nitrogen and oxygen atoms in total. The number of hydrogen-bond acceptors (Lipinski definition) is 4. The summed E-state index contributed by atoms with van der Waals surface area (Å²) in [7, 11) is 0. The molecule has 0 radical (unpaired) electrons. The van der Waals surface area contributed by atoms with E-state index in [9.17, 15) is 4.79 Å². The predicted molar refractivity (Wildman–Crippen MR) is 90.2 cm³/mol. The minimum atomic E-state index is -0.0821. The molecule has 0 atom stereocenters. The van der Waals surface area contributed by atoms with E-state index < -0.39 is 0 Å². The van der Waals surface area contributed by atoms with Gasteiger partial charge < -0.3 is 15.2 Å². The topological polar surface area (TPSA) is 71.8 Å². The van der Waals surface area contributed by atoms with E-state index in [-0.39, 0.29) is 18.0 Å². The number of carbonyl (C=O) groups excluding carboxylic acids is 1. The average Bonchev–Trinajstić information content (AvgIpc) is 3.07. The molecule has 0 spiro atoms. The first kappa shape index (κ1) is 15.7. The number of carbonyl (C=O) groups is 1. The molecule has 1 aliphatic rings. The van der Waals surface area contributed by atoms with Crippen LogP contribution in [0.4, 0.5) is 5.69 Å². The quantitative estimate of drug-likeness (QED) is 0.908. The van der Waals surface area contributed by atoms with E-state index in [0.29, 0.717) is 0 Å². The van der Waals surface area contributed by atoms with Crippen LogP contribution in [0.25, 0.3) is 11.4 Å². The fourth-order valence-corrected chi connectivity index (χ4v) is 2.65. The number of fused-ring (bicyclic) bond motifs is 1. The van der Waals surface area contributed by atoms with Gasteiger partial charge in [-0.2, -0.15) is 0 Å². The molecule has 2 heterocycles. The van der Waals surface area contributed by atoms with Crippen LogP contribution in [0.2, 0.25) is 0 Å². The monoisotopic (exact) mass is 313 g/mol. The number of rotatable bonds is 4. The van der Waals surface area contributed by atoms with Crippen molar-refractivity contribution in [3.8, 4) is 11.4 Å². The van der Waals surface area contributed by atoms with Crippen LogP contribution in [-0.2, 0) is 17.8 Å². The lowest BCUT2D eigenvalue weighted by Crippen LogP contribution is -2.41. The molecule has 3 rings (SSSR count). The Morgan fingerprint density at radius 3 is 2.91 bits per heavy atom. The van der Waals surface area contributed by atoms with Crippen molar-refractivity contribution in [3.63, 3.8) is 0 Å². The summed E-state index contributed by atoms with van der Waals surface area (Å²) in [6.45, 7) is 7.35. The maximum absolute atomic E-state index is 12.0. The highest BCUT2D eigenvalue weighted by atomic mass is 16.1. The molecule has 0 saturated carbocycles. The van der Waals surface area contributed by atoms with Crippen molar-refractivity contribution in [1.29, 1.82) is 0 Å². The van der Waals surface area contributed by atoms with Crippen LogP contribution in [0.3, 0.4) is 0 Å². The molecule has 1 aromatic carbocycles. The van der Waals surface area contributed by atoms with Gasteiger partial charge in [-0.05, 0) is 39.3 Å². The van der Waals surface area contributed by atoms with Crippen LogP contribution in [0.15, 0.2) is 24.3 Å². The fraction of sp³-hybridized carbons (Fsp3) is 0.471. The van der Waals surface area contributed by atoms with Crippen molar-refractivity contribution in [2.75, 3.05) is 11.9 Å². The minimum Gasteiger partial charge on any atom is -0.325 e. The highest BCUT2D eigenvalue weighted by Gasteiger charge is 2.18. The zero-order chi connectivity index (χ0) is 16.4. The highest BCUT2D eigenvalue weighted by molar-refractivity contribution is 5.92. The van der Waals surface area contributed by atoms with E-state index in [1.807, 2.05) is 45.0 Å². The van der Waals surface area contributed by atoms with E-state index >= 15 is 0 Å². The predicted octanol–water partition coefficient (Wildman–Crippen LogP) is 2.22. The average molecular weight is 313 g/mol. The van der Waals surface area contributed by atoms with Crippen molar-refractivity contribution in [1.82, 2.24) is 20.1 Å². The van der Waals surface area contributed by atoms with E-state index in [1.54, 1.807) is 0 Å². The van der Waals surface area contributed by atoms with Crippen molar-refractivity contribution in [2.45, 2.75) is 45.7 Å². The fourth-order valence-electron chi connectivity index (χ4n) is 2.65. The molecule has 2 aromatic rings. The zero-order valence-electron chi connectivity index (χ0n) is 13.9. The van der Waals surface area contributed by atoms with Crippen LogP contribution in [0, 0.1) is 0 Å². The first-order valence-corrected chi connectivity index (χ1v) is 8.00. The van der Waals surface area contributed by atoms with Crippen LogP contribution < -0.4 is 10.6 Å². The second-order valence-corrected chi connectivity index (χ2v) is 6.93. The van der Waals surface area contributed by atoms with Gasteiger partial charge in [0, 0.05) is 29.8 Å². The summed E-state index contributed by atoms with van der Waals surface area (Å²) in [6, 6.07) is 7.77. The molecule has 0 saturated heterocycles. The third-order valence-electron chi connectivity index (χ3n) is 3.79. The number of hydrogen-bond donors (Lipinski definition) is 2. The van der Waals surface area contributed by atoms with E-state index in [0.717, 1.165) is 42.3 Å². The Morgan fingerprint density at radius 1 is 1.30 bits per heavy atom. The van der Waals surface area contributed by atoms with Crippen LogP contribution >= 0.6 is 0 Å². The highest BCUT2D eigenvalue weighted by Crippen LogP contribution is 2.25. The van der Waals surface area contributed by atoms with Crippen molar-refractivity contribution >= 4 is 11.6 Å². The van der Waals surface area contributed by atoms with Gasteiger partial charge in [0.2, 0.25) is 5.91 Å². The van der Waals surface area contributed by atoms with Gasteiger partial charge in [0.05, 0.1) is 6.54 Å². The van der Waals surface area contributed by atoms with Crippen LogP contribution in [-0.4, -0.2) is 32.8 Å². The molecule has 1 aliphatic heterocycles. The maximum Gasteiger partial charge on any atom is 0.238 e. The third-order valence-corrected chi connectivity index (χ3v) is 3.79. The molecule has 2 N–H and O–H groups in total. The summed E-state index contributed by atoms with van der Waals surface area (Å²) < 4.78 is 2.15. The summed E-state index contributed by atoms with van der Waals surface area (Å²) in [6.07, 6.45) is 2.11. The first-order valence-electron chi connectivity index (χ1n) is 8.00. The lowest BCUT2D eigenvalue weighted by atomic mass is 10.1. The van der Waals surface area contributed by atoms with Crippen molar-refractivity contribution in [3.05, 3.63) is 30.1 Å². The number of nitrogens with zero attached hydrogens (tertiary/aromatic N) is 3. The van der Waals surface area contributed by atoms with Gasteiger partial charge in [-0.25, -0.2) is 0 Å². The van der Waals surface area contributed by atoms with Gasteiger partial charge in [-0.3, -0.25) is 4.79 Å². The largest absolute Gasteiger partial charge is 0.325 e. The summed E-state index contributed by atoms with van der Waals surface area (Å²) in [5.74, 6) is 1.87. The summed E-state index contributed by atoms with van der Waals surface area (Å²) in [5.41, 5.74) is 1.67. The van der Waals surface area contributed by atoms with Crippen molar-refractivity contribution < 1.29 is 4.79 Å². The van der Waals surface area contributed by atoms with Crippen LogP contribution in [0.5, 0.6) is 0 Å². The Labute approximate surface area is 136 Å². The summed E-state index contributed by atoms with van der Waals surface area (Å²) in [4.78, 5) is 12.0. The molecular weight excluding hydrogens is 290 g/mol. The Hall–Kier alpha value is -2.21. The molecule has 0 bridgehead atoms. The standard InChI is InChI=1S/C17H23N5O/c1-17(2,3)18-11-15(23)19-13-7-4-6-12(10-13)16-21-20-14-8-5-9-22(14)16/h4,6-7,10,18H,5,8-9,11H2,1-3H3,(H,19,23). The Kier molecular flexibility index (Phi) is 4.17. The van der Waals surface area contributed by atoms with Gasteiger partial charge in [-0.15, -0.1) is 10.2 Å². The smallest absolute Gasteiger partial charge is 0.238 e. The number of aryl methyl sites for hydroxylation is 1. The van der Waals surface area contributed by atoms with E-state index in [4.69, 9.17) is 0 Å². The molecule has 122 valence electrons. The summed E-state index contributed by atoms with van der Waals surface area (Å²) in [5, 5.41) is 14.6. The first-order chi connectivity index (χ1) is 10.9. The van der Waals surface area contributed by atoms with Gasteiger partial charge in [0.25, 0.3) is 0 Å². The van der Waals surface area contributed by atoms with Gasteiger partial charge in [0.15, 0.2) is 5.82 Å². The van der Waals surface area contributed by atoms with Gasteiger partial charge in [-0.1, -0.05) is 12.1 Å². The van der Waals surface area contributed by atoms with Gasteiger partial charge in [0.1, 0.15) is 5.82 Å². The summed E-state index contributed by atoms with van der Waals surface area (Å²) >= 11 is 0. The third kappa shape index (κ3) is 3.76. The number of anilines is 1. The number of benzene rings is 1. The van der Waals surface area contributed by atoms with E-state index in [2.05, 4.69) is 25.4 Å². The lowest BCUT2D eigenvalue weighted by molar-refractivity contribution is -0.115. The molecular formula is C17H23N5O. The molecule has 0 aliphatic carbocycles. The Bertz CT molecular complexity index is 714. The molecule has 1 aromatic heterocycles. The SMILES string of the molecule is CC(C)(C)NCC(=O)Nc1cccc(-c2nnc3n2CCC3)c1. The Morgan fingerprint density at radius 2 is 2.13 bits per heavy atom.